The molecule has 0 spiro atoms. The van der Waals surface area contributed by atoms with Gasteiger partial charge in [-0.3, -0.25) is 14.7 Å². The Kier molecular flexibility index (Phi) is 7.64. The molecule has 0 aliphatic carbocycles. The van der Waals surface area contributed by atoms with Crippen LogP contribution < -0.4 is 16.0 Å². The summed E-state index contributed by atoms with van der Waals surface area (Å²) in [5.41, 5.74) is -0.0893. The highest BCUT2D eigenvalue weighted by Gasteiger charge is 2.27. The van der Waals surface area contributed by atoms with Gasteiger partial charge >= 0.3 is 6.03 Å². The average molecular weight is 464 g/mol. The van der Waals surface area contributed by atoms with E-state index in [-0.39, 0.29) is 54.4 Å². The first-order valence-electron chi connectivity index (χ1n) is 7.79. The van der Waals surface area contributed by atoms with Gasteiger partial charge in [0.05, 0.1) is 19.3 Å². The summed E-state index contributed by atoms with van der Waals surface area (Å²) in [6.07, 6.45) is 1.73. The lowest BCUT2D eigenvalue weighted by molar-refractivity contribution is -0.124. The summed E-state index contributed by atoms with van der Waals surface area (Å²) in [5.74, 6) is 1.70. The lowest BCUT2D eigenvalue weighted by Gasteiger charge is -2.15. The van der Waals surface area contributed by atoms with Gasteiger partial charge in [0.2, 0.25) is 11.8 Å². The maximum absolute atomic E-state index is 11.5. The van der Waals surface area contributed by atoms with Gasteiger partial charge in [-0.15, -0.1) is 24.0 Å². The van der Waals surface area contributed by atoms with Gasteiger partial charge in [-0.25, -0.2) is 9.78 Å². The molecule has 3 N–H and O–H groups in total. The first-order valence-corrected chi connectivity index (χ1v) is 7.79. The highest BCUT2D eigenvalue weighted by atomic mass is 127. The number of oxazole rings is 1. The monoisotopic (exact) mass is 464 g/mol. The van der Waals surface area contributed by atoms with Crippen LogP contribution in [0.3, 0.4) is 0 Å². The molecule has 1 aromatic heterocycles. The number of imide groups is 1. The standard InChI is InChI=1S/C15H24N6O3.HI/c1-15(2,3)10-7-18-11(24-10)8-19-13(16-4)17-5-6-21-12(22)9-20-14(21)23;/h7H,5-6,8-9H2,1-4H3,(H,20,23)(H2,16,17,19);1H. The predicted octanol–water partition coefficient (Wildman–Crippen LogP) is 0.807. The number of hydrogen-bond donors (Lipinski definition) is 3. The summed E-state index contributed by atoms with van der Waals surface area (Å²) in [6.45, 7) is 7.30. The van der Waals surface area contributed by atoms with Gasteiger partial charge in [0.15, 0.2) is 5.96 Å². The third-order valence-corrected chi connectivity index (χ3v) is 3.49. The summed E-state index contributed by atoms with van der Waals surface area (Å²) in [6, 6.07) is -0.362. The average Bonchev–Trinajstić information content (AvgIpc) is 3.11. The molecule has 1 fully saturated rings. The van der Waals surface area contributed by atoms with Gasteiger partial charge in [-0.05, 0) is 0 Å². The van der Waals surface area contributed by atoms with Crippen LogP contribution in [0, 0.1) is 0 Å². The number of rotatable bonds is 5. The molecular weight excluding hydrogens is 439 g/mol. The van der Waals surface area contributed by atoms with Crippen LogP contribution in [0.25, 0.3) is 0 Å². The van der Waals surface area contributed by atoms with Crippen molar-refractivity contribution in [2.45, 2.75) is 32.7 Å². The topological polar surface area (TPSA) is 112 Å². The molecule has 1 aliphatic rings. The van der Waals surface area contributed by atoms with Gasteiger partial charge < -0.3 is 20.4 Å². The molecular formula is C15H25IN6O3. The molecule has 0 saturated carbocycles. The maximum atomic E-state index is 11.5. The van der Waals surface area contributed by atoms with E-state index < -0.39 is 0 Å². The fourth-order valence-electron chi connectivity index (χ4n) is 2.09. The highest BCUT2D eigenvalue weighted by molar-refractivity contribution is 14.0. The lowest BCUT2D eigenvalue weighted by atomic mass is 9.94. The molecule has 1 aliphatic heterocycles. The molecule has 0 radical (unpaired) electrons. The Bertz CT molecular complexity index is 621. The minimum absolute atomic E-state index is 0. The Morgan fingerprint density at radius 3 is 2.64 bits per heavy atom. The Hall–Kier alpha value is -1.85. The summed E-state index contributed by atoms with van der Waals surface area (Å²) < 4.78 is 5.69. The second-order valence-electron chi connectivity index (χ2n) is 6.42. The number of urea groups is 1. The predicted molar refractivity (Wildman–Crippen MR) is 104 cm³/mol. The van der Waals surface area contributed by atoms with Crippen molar-refractivity contribution in [3.05, 3.63) is 17.8 Å². The Balaban J connectivity index is 0.00000312. The number of amides is 3. The van der Waals surface area contributed by atoms with Crippen LogP contribution in [0.2, 0.25) is 0 Å². The quantitative estimate of drug-likeness (QED) is 0.258. The number of halogens is 1. The van der Waals surface area contributed by atoms with Crippen molar-refractivity contribution >= 4 is 41.9 Å². The molecule has 9 nitrogen and oxygen atoms in total. The minimum Gasteiger partial charge on any atom is -0.443 e. The van der Waals surface area contributed by atoms with Crippen molar-refractivity contribution in [1.29, 1.82) is 0 Å². The second kappa shape index (κ2) is 9.02. The van der Waals surface area contributed by atoms with Gasteiger partial charge in [0, 0.05) is 25.6 Å². The van der Waals surface area contributed by atoms with Crippen LogP contribution in [-0.4, -0.2) is 54.5 Å². The molecule has 0 bridgehead atoms. The van der Waals surface area contributed by atoms with Gasteiger partial charge in [0.1, 0.15) is 5.76 Å². The number of aromatic nitrogens is 1. The smallest absolute Gasteiger partial charge is 0.324 e. The number of nitrogens with zero attached hydrogens (tertiary/aromatic N) is 3. The molecule has 2 rings (SSSR count). The third kappa shape index (κ3) is 5.87. The van der Waals surface area contributed by atoms with Crippen molar-refractivity contribution in [3.63, 3.8) is 0 Å². The van der Waals surface area contributed by atoms with Crippen molar-refractivity contribution in [2.24, 2.45) is 4.99 Å². The molecule has 10 heteroatoms. The van der Waals surface area contributed by atoms with E-state index in [4.69, 9.17) is 4.42 Å². The molecule has 1 saturated heterocycles. The molecule has 0 aromatic carbocycles. The first kappa shape index (κ1) is 21.2. The van der Waals surface area contributed by atoms with E-state index in [9.17, 15) is 9.59 Å². The van der Waals surface area contributed by atoms with Crippen LogP contribution >= 0.6 is 24.0 Å². The summed E-state index contributed by atoms with van der Waals surface area (Å²) in [7, 11) is 1.64. The third-order valence-electron chi connectivity index (χ3n) is 3.49. The highest BCUT2D eigenvalue weighted by Crippen LogP contribution is 2.22. The van der Waals surface area contributed by atoms with E-state index in [1.54, 1.807) is 13.2 Å². The zero-order valence-electron chi connectivity index (χ0n) is 14.9. The number of carbonyl (C=O) groups is 2. The van der Waals surface area contributed by atoms with Crippen molar-refractivity contribution in [1.82, 2.24) is 25.8 Å². The Labute approximate surface area is 164 Å². The van der Waals surface area contributed by atoms with Crippen LogP contribution in [0.15, 0.2) is 15.6 Å². The molecule has 2 heterocycles. The number of carbonyl (C=O) groups excluding carboxylic acids is 2. The molecule has 0 unspecified atom stereocenters. The van der Waals surface area contributed by atoms with E-state index in [2.05, 4.69) is 46.7 Å². The first-order chi connectivity index (χ1) is 11.3. The van der Waals surface area contributed by atoms with Crippen molar-refractivity contribution in [3.8, 4) is 0 Å². The summed E-state index contributed by atoms with van der Waals surface area (Å²) in [5, 5.41) is 8.59. The van der Waals surface area contributed by atoms with Crippen LogP contribution in [0.4, 0.5) is 4.79 Å². The maximum Gasteiger partial charge on any atom is 0.324 e. The van der Waals surface area contributed by atoms with Crippen LogP contribution in [0.1, 0.15) is 32.4 Å². The van der Waals surface area contributed by atoms with E-state index in [1.165, 1.54) is 4.90 Å². The minimum atomic E-state index is -0.362. The zero-order valence-corrected chi connectivity index (χ0v) is 17.2. The van der Waals surface area contributed by atoms with Gasteiger partial charge in [-0.1, -0.05) is 20.8 Å². The second-order valence-corrected chi connectivity index (χ2v) is 6.42. The fourth-order valence-corrected chi connectivity index (χ4v) is 2.09. The number of nitrogens with one attached hydrogen (secondary N) is 3. The molecule has 25 heavy (non-hydrogen) atoms. The molecule has 0 atom stereocenters. The molecule has 140 valence electrons. The fraction of sp³-hybridized carbons (Fsp3) is 0.600. The van der Waals surface area contributed by atoms with Crippen molar-refractivity contribution in [2.75, 3.05) is 26.7 Å². The van der Waals surface area contributed by atoms with E-state index in [0.29, 0.717) is 24.9 Å². The number of hydrogen-bond acceptors (Lipinski definition) is 5. The summed E-state index contributed by atoms with van der Waals surface area (Å²) in [4.78, 5) is 32.4. The van der Waals surface area contributed by atoms with Gasteiger partial charge in [0.25, 0.3) is 0 Å². The zero-order chi connectivity index (χ0) is 17.7. The lowest BCUT2D eigenvalue weighted by Crippen LogP contribution is -2.43. The number of aliphatic imine (C=N–C) groups is 1. The number of guanidine groups is 1. The Morgan fingerprint density at radius 1 is 1.40 bits per heavy atom. The van der Waals surface area contributed by atoms with Crippen molar-refractivity contribution < 1.29 is 14.0 Å². The molecule has 1 aromatic rings. The SMILES string of the molecule is CN=C(NCCN1C(=O)CNC1=O)NCc1ncc(C(C)(C)C)o1.I. The van der Waals surface area contributed by atoms with E-state index >= 15 is 0 Å². The summed E-state index contributed by atoms with van der Waals surface area (Å²) >= 11 is 0. The Morgan fingerprint density at radius 2 is 2.12 bits per heavy atom. The van der Waals surface area contributed by atoms with E-state index in [1.807, 2.05) is 0 Å². The van der Waals surface area contributed by atoms with E-state index in [0.717, 1.165) is 5.76 Å². The largest absolute Gasteiger partial charge is 0.443 e. The normalized spacial score (nSPS) is 15.0. The van der Waals surface area contributed by atoms with Crippen LogP contribution in [-0.2, 0) is 16.8 Å². The van der Waals surface area contributed by atoms with Gasteiger partial charge in [-0.2, -0.15) is 0 Å². The van der Waals surface area contributed by atoms with Crippen LogP contribution in [0.5, 0.6) is 0 Å². The molecule has 3 amide bonds.